The molecular formula is C26H22Cl2N2O6S. The molecule has 3 aromatic rings. The molecule has 1 aromatic heterocycles. The summed E-state index contributed by atoms with van der Waals surface area (Å²) in [4.78, 5) is 45.0. The van der Waals surface area contributed by atoms with Crippen molar-refractivity contribution in [3.05, 3.63) is 79.3 Å². The Morgan fingerprint density at radius 1 is 1.14 bits per heavy atom. The second-order valence-corrected chi connectivity index (χ2v) is 9.95. The van der Waals surface area contributed by atoms with Crippen LogP contribution in [0.1, 0.15) is 45.0 Å². The molecule has 0 radical (unpaired) electrons. The third-order valence-corrected chi connectivity index (χ3v) is 7.72. The molecule has 1 aliphatic rings. The molecule has 1 amide bonds. The molecule has 4 rings (SSSR count). The van der Waals surface area contributed by atoms with E-state index in [9.17, 15) is 19.5 Å². The number of aliphatic hydroxyl groups excluding tert-OH is 1. The minimum Gasteiger partial charge on any atom is -0.507 e. The largest absolute Gasteiger partial charge is 0.507 e. The van der Waals surface area contributed by atoms with Crippen molar-refractivity contribution < 1.29 is 29.0 Å². The van der Waals surface area contributed by atoms with Crippen molar-refractivity contribution in [1.29, 1.82) is 0 Å². The fourth-order valence-corrected chi connectivity index (χ4v) is 5.37. The highest BCUT2D eigenvalue weighted by Gasteiger charge is 2.48. The van der Waals surface area contributed by atoms with Gasteiger partial charge in [0.2, 0.25) is 0 Å². The number of aliphatic hydroxyl groups is 1. The molecule has 0 aliphatic carbocycles. The van der Waals surface area contributed by atoms with Crippen molar-refractivity contribution in [2.45, 2.75) is 26.8 Å². The third kappa shape index (κ3) is 4.82. The van der Waals surface area contributed by atoms with Crippen LogP contribution >= 0.6 is 34.5 Å². The van der Waals surface area contributed by atoms with E-state index in [1.54, 1.807) is 45.0 Å². The summed E-state index contributed by atoms with van der Waals surface area (Å²) in [5.74, 6) is -2.20. The Kier molecular flexibility index (Phi) is 7.59. The number of hydrogen-bond acceptors (Lipinski definition) is 8. The number of amides is 1. The first-order chi connectivity index (χ1) is 17.6. The number of aryl methyl sites for hydroxylation is 2. The van der Waals surface area contributed by atoms with Gasteiger partial charge in [-0.3, -0.25) is 14.5 Å². The van der Waals surface area contributed by atoms with Crippen LogP contribution in [-0.2, 0) is 14.3 Å². The first kappa shape index (κ1) is 26.7. The van der Waals surface area contributed by atoms with Crippen LogP contribution in [0, 0.1) is 13.8 Å². The van der Waals surface area contributed by atoms with Gasteiger partial charge in [-0.25, -0.2) is 9.78 Å². The Bertz CT molecular complexity index is 1470. The number of hydrogen-bond donors (Lipinski definition) is 1. The van der Waals surface area contributed by atoms with Gasteiger partial charge in [0, 0.05) is 5.56 Å². The molecule has 1 atom stereocenters. The fraction of sp³-hybridized carbons (Fsp3) is 0.231. The average molecular weight is 561 g/mol. The fourth-order valence-electron chi connectivity index (χ4n) is 4.07. The number of ketones is 1. The predicted octanol–water partition coefficient (Wildman–Crippen LogP) is 5.88. The van der Waals surface area contributed by atoms with Crippen LogP contribution < -0.4 is 9.64 Å². The molecule has 8 nitrogen and oxygen atoms in total. The second-order valence-electron chi connectivity index (χ2n) is 8.15. The van der Waals surface area contributed by atoms with E-state index >= 15 is 0 Å². The maximum Gasteiger partial charge on any atom is 0.350 e. The zero-order chi connectivity index (χ0) is 27.0. The Morgan fingerprint density at radius 2 is 1.86 bits per heavy atom. The van der Waals surface area contributed by atoms with Crippen LogP contribution in [0.25, 0.3) is 5.76 Å². The number of ether oxygens (including phenoxy) is 2. The molecular weight excluding hydrogens is 539 g/mol. The number of nitrogens with zero attached hydrogens (tertiary/aromatic N) is 2. The number of Topliss-reactive ketones (excluding diaryl/α,β-unsaturated/α-hetero) is 1. The van der Waals surface area contributed by atoms with Gasteiger partial charge in [-0.15, -0.1) is 0 Å². The number of esters is 1. The Morgan fingerprint density at radius 3 is 2.49 bits per heavy atom. The lowest BCUT2D eigenvalue weighted by Gasteiger charge is -2.23. The van der Waals surface area contributed by atoms with Gasteiger partial charge in [0.25, 0.3) is 5.78 Å². The van der Waals surface area contributed by atoms with Gasteiger partial charge in [0.15, 0.2) is 5.13 Å². The van der Waals surface area contributed by atoms with Crippen LogP contribution in [0.4, 0.5) is 5.13 Å². The zero-order valence-corrected chi connectivity index (χ0v) is 22.6. The summed E-state index contributed by atoms with van der Waals surface area (Å²) in [6.45, 7) is 5.20. The monoisotopic (exact) mass is 560 g/mol. The lowest BCUT2D eigenvalue weighted by Crippen LogP contribution is -2.29. The minimum absolute atomic E-state index is 0.101. The highest BCUT2D eigenvalue weighted by atomic mass is 35.5. The van der Waals surface area contributed by atoms with Gasteiger partial charge in [0.1, 0.15) is 16.4 Å². The molecule has 0 spiro atoms. The topological polar surface area (TPSA) is 106 Å². The molecule has 0 saturated carbocycles. The molecule has 1 fully saturated rings. The number of benzene rings is 2. The van der Waals surface area contributed by atoms with E-state index in [2.05, 4.69) is 4.98 Å². The lowest BCUT2D eigenvalue weighted by molar-refractivity contribution is -0.132. The molecule has 1 N–H and O–H groups in total. The van der Waals surface area contributed by atoms with E-state index in [4.69, 9.17) is 32.7 Å². The summed E-state index contributed by atoms with van der Waals surface area (Å²) in [5, 5.41) is 12.0. The maximum atomic E-state index is 13.4. The number of methoxy groups -OCH3 is 1. The van der Waals surface area contributed by atoms with Crippen LogP contribution in [0.2, 0.25) is 10.0 Å². The summed E-state index contributed by atoms with van der Waals surface area (Å²) in [5.41, 5.74) is 1.60. The first-order valence-corrected chi connectivity index (χ1v) is 12.7. The normalized spacial score (nSPS) is 16.8. The molecule has 0 unspecified atom stereocenters. The number of thiazole rings is 1. The van der Waals surface area contributed by atoms with Gasteiger partial charge in [-0.2, -0.15) is 0 Å². The SMILES string of the molecule is CCOC(=O)c1sc(N2C(=O)C(=O)C(=C(O)c3ccc(OC)cc3C)[C@H]2c2ccc(Cl)c(Cl)c2)nc1C. The van der Waals surface area contributed by atoms with E-state index < -0.39 is 23.7 Å². The highest BCUT2D eigenvalue weighted by Crippen LogP contribution is 2.45. The van der Waals surface area contributed by atoms with Gasteiger partial charge in [-0.05, 0) is 62.2 Å². The number of rotatable bonds is 6. The van der Waals surface area contributed by atoms with E-state index in [0.29, 0.717) is 28.1 Å². The maximum absolute atomic E-state index is 13.4. The Balaban J connectivity index is 1.95. The van der Waals surface area contributed by atoms with E-state index in [0.717, 1.165) is 16.2 Å². The van der Waals surface area contributed by atoms with Crippen molar-refractivity contribution in [1.82, 2.24) is 4.98 Å². The average Bonchev–Trinajstić information content (AvgIpc) is 3.37. The van der Waals surface area contributed by atoms with Crippen LogP contribution in [-0.4, -0.2) is 41.5 Å². The van der Waals surface area contributed by atoms with E-state index in [1.165, 1.54) is 19.2 Å². The summed E-state index contributed by atoms with van der Waals surface area (Å²) < 4.78 is 10.3. The number of carbonyl (C=O) groups excluding carboxylic acids is 3. The minimum atomic E-state index is -1.09. The molecule has 0 bridgehead atoms. The van der Waals surface area contributed by atoms with Crippen LogP contribution in [0.15, 0.2) is 42.0 Å². The van der Waals surface area contributed by atoms with Gasteiger partial charge >= 0.3 is 11.9 Å². The predicted molar refractivity (Wildman–Crippen MR) is 142 cm³/mol. The van der Waals surface area contributed by atoms with Crippen molar-refractivity contribution in [2.75, 3.05) is 18.6 Å². The quantitative estimate of drug-likeness (QED) is 0.173. The van der Waals surface area contributed by atoms with Crippen LogP contribution in [0.5, 0.6) is 5.75 Å². The summed E-state index contributed by atoms with van der Waals surface area (Å²) in [7, 11) is 1.52. The Labute approximate surface area is 227 Å². The summed E-state index contributed by atoms with van der Waals surface area (Å²) in [6, 6.07) is 8.53. The molecule has 2 heterocycles. The third-order valence-electron chi connectivity index (χ3n) is 5.84. The first-order valence-electron chi connectivity index (χ1n) is 11.1. The van der Waals surface area contributed by atoms with Crippen molar-refractivity contribution in [3.63, 3.8) is 0 Å². The van der Waals surface area contributed by atoms with Gasteiger partial charge < -0.3 is 14.6 Å². The second kappa shape index (κ2) is 10.5. The molecule has 11 heteroatoms. The summed E-state index contributed by atoms with van der Waals surface area (Å²) >= 11 is 13.3. The lowest BCUT2D eigenvalue weighted by atomic mass is 9.94. The number of anilines is 1. The standard InChI is InChI=1S/C26H22Cl2N2O6S/c1-5-36-25(34)23-13(3)29-26(37-23)30-20(14-6-9-17(27)18(28)11-14)19(22(32)24(30)33)21(31)16-8-7-15(35-4)10-12(16)2/h6-11,20,31H,5H2,1-4H3/t20-/m1/s1. The zero-order valence-electron chi connectivity index (χ0n) is 20.3. The van der Waals surface area contributed by atoms with Crippen molar-refractivity contribution >= 4 is 63.1 Å². The molecule has 192 valence electrons. The highest BCUT2D eigenvalue weighted by molar-refractivity contribution is 7.17. The smallest absolute Gasteiger partial charge is 0.350 e. The van der Waals surface area contributed by atoms with Crippen molar-refractivity contribution in [3.8, 4) is 5.75 Å². The van der Waals surface area contributed by atoms with E-state index in [1.807, 2.05) is 0 Å². The molecule has 37 heavy (non-hydrogen) atoms. The van der Waals surface area contributed by atoms with Gasteiger partial charge in [-0.1, -0.05) is 40.6 Å². The van der Waals surface area contributed by atoms with Gasteiger partial charge in [0.05, 0.1) is 41.1 Å². The molecule has 2 aromatic carbocycles. The van der Waals surface area contributed by atoms with E-state index in [-0.39, 0.29) is 38.0 Å². The van der Waals surface area contributed by atoms with Crippen LogP contribution in [0.3, 0.4) is 0 Å². The number of aromatic nitrogens is 1. The molecule has 1 aliphatic heterocycles. The summed E-state index contributed by atoms with van der Waals surface area (Å²) in [6.07, 6.45) is 0. The van der Waals surface area contributed by atoms with Crippen molar-refractivity contribution in [2.24, 2.45) is 0 Å². The number of halogens is 2. The number of carbonyl (C=O) groups is 3. The Hall–Kier alpha value is -3.40. The molecule has 1 saturated heterocycles.